The summed E-state index contributed by atoms with van der Waals surface area (Å²) in [7, 11) is 0. The molecule has 2 fully saturated rings. The van der Waals surface area contributed by atoms with Crippen molar-refractivity contribution in [3.8, 4) is 0 Å². The number of rotatable bonds is 8. The molecule has 2 heterocycles. The Labute approximate surface area is 232 Å². The second-order valence-corrected chi connectivity index (χ2v) is 11.0. The van der Waals surface area contributed by atoms with E-state index in [-0.39, 0.29) is 17.5 Å². The molecule has 2 N–H and O–H groups in total. The molecule has 0 aromatic heterocycles. The molecule has 10 heteroatoms. The fourth-order valence-electron chi connectivity index (χ4n) is 5.77. The number of amides is 2. The van der Waals surface area contributed by atoms with E-state index in [4.69, 9.17) is 16.3 Å². The maximum Gasteiger partial charge on any atom is 0.330 e. The molecule has 1 aliphatic carbocycles. The molecular formula is C29H33ClFN3O5. The fraction of sp³-hybridized carbons (Fsp3) is 0.483. The van der Waals surface area contributed by atoms with Crippen molar-refractivity contribution in [1.82, 2.24) is 4.90 Å². The van der Waals surface area contributed by atoms with Gasteiger partial charge in [-0.1, -0.05) is 35.9 Å². The Balaban J connectivity index is 1.25. The SMILES string of the molecule is O=C(O)C1CCC(OC(F)(C(=O)Cc2ccc(NC(=O)N3CCc4ccccc43)c(Cl)c2)N2CCCC2)CC1. The van der Waals surface area contributed by atoms with Crippen molar-refractivity contribution in [3.63, 3.8) is 0 Å². The third-order valence-electron chi connectivity index (χ3n) is 7.98. The first-order valence-corrected chi connectivity index (χ1v) is 13.9. The van der Waals surface area contributed by atoms with Gasteiger partial charge in [-0.3, -0.25) is 14.5 Å². The number of urea groups is 1. The number of ether oxygens (including phenoxy) is 1. The molecule has 208 valence electrons. The zero-order valence-corrected chi connectivity index (χ0v) is 22.5. The number of benzene rings is 2. The van der Waals surface area contributed by atoms with Crippen molar-refractivity contribution in [2.24, 2.45) is 5.92 Å². The van der Waals surface area contributed by atoms with Crippen molar-refractivity contribution in [2.45, 2.75) is 63.4 Å². The molecule has 5 rings (SSSR count). The smallest absolute Gasteiger partial charge is 0.330 e. The zero-order chi connectivity index (χ0) is 27.6. The first kappa shape index (κ1) is 27.6. The number of ketones is 1. The number of carbonyl (C=O) groups is 3. The number of carbonyl (C=O) groups excluding carboxylic acids is 2. The van der Waals surface area contributed by atoms with E-state index >= 15 is 4.39 Å². The number of hydrogen-bond donors (Lipinski definition) is 2. The normalized spacial score (nSPS) is 22.8. The number of alkyl halides is 1. The van der Waals surface area contributed by atoms with Gasteiger partial charge in [0.2, 0.25) is 5.78 Å². The van der Waals surface area contributed by atoms with Gasteiger partial charge in [-0.2, -0.15) is 4.39 Å². The van der Waals surface area contributed by atoms with Crippen LogP contribution < -0.4 is 10.2 Å². The number of nitrogens with one attached hydrogen (secondary N) is 1. The summed E-state index contributed by atoms with van der Waals surface area (Å²) >= 11 is 6.47. The molecule has 0 radical (unpaired) electrons. The lowest BCUT2D eigenvalue weighted by Gasteiger charge is -2.37. The van der Waals surface area contributed by atoms with Crippen molar-refractivity contribution in [2.75, 3.05) is 29.9 Å². The Hall–Kier alpha value is -3.01. The predicted molar refractivity (Wildman–Crippen MR) is 146 cm³/mol. The summed E-state index contributed by atoms with van der Waals surface area (Å²) in [6.07, 6.45) is 3.16. The molecule has 0 bridgehead atoms. The molecular weight excluding hydrogens is 525 g/mol. The molecule has 1 saturated heterocycles. The molecule has 0 spiro atoms. The average molecular weight is 558 g/mol. The van der Waals surface area contributed by atoms with E-state index < -0.39 is 29.8 Å². The van der Waals surface area contributed by atoms with Crippen LogP contribution in [0.4, 0.5) is 20.6 Å². The maximum absolute atomic E-state index is 16.4. The molecule has 3 aliphatic rings. The lowest BCUT2D eigenvalue weighted by Crippen LogP contribution is -2.54. The van der Waals surface area contributed by atoms with Gasteiger partial charge in [-0.25, -0.2) is 9.69 Å². The van der Waals surface area contributed by atoms with Crippen molar-refractivity contribution >= 4 is 40.8 Å². The van der Waals surface area contributed by atoms with E-state index in [1.165, 1.54) is 4.90 Å². The van der Waals surface area contributed by atoms with E-state index in [1.807, 2.05) is 24.3 Å². The van der Waals surface area contributed by atoms with Gasteiger partial charge in [-0.15, -0.1) is 0 Å². The van der Waals surface area contributed by atoms with E-state index in [0.29, 0.717) is 56.6 Å². The molecule has 39 heavy (non-hydrogen) atoms. The molecule has 1 saturated carbocycles. The maximum atomic E-state index is 16.4. The standard InChI is InChI=1S/C29H33ClFN3O5/c30-23-17-19(7-12-24(23)32-28(38)34-16-13-20-5-1-2-6-25(20)34)18-26(35)29(31,33-14-3-4-15-33)39-22-10-8-21(9-11-22)27(36)37/h1-2,5-7,12,17,21-22H,3-4,8-11,13-16,18H2,(H,32,38)(H,36,37). The van der Waals surface area contributed by atoms with Crippen LogP contribution in [0.15, 0.2) is 42.5 Å². The van der Waals surface area contributed by atoms with Crippen LogP contribution in [-0.4, -0.2) is 59.5 Å². The Morgan fingerprint density at radius 3 is 2.46 bits per heavy atom. The third-order valence-corrected chi connectivity index (χ3v) is 8.29. The van der Waals surface area contributed by atoms with Gasteiger partial charge in [0, 0.05) is 31.7 Å². The van der Waals surface area contributed by atoms with E-state index in [9.17, 15) is 19.5 Å². The van der Waals surface area contributed by atoms with Gasteiger partial charge in [-0.05, 0) is 74.3 Å². The Morgan fingerprint density at radius 2 is 1.77 bits per heavy atom. The van der Waals surface area contributed by atoms with Gasteiger partial charge in [0.1, 0.15) is 0 Å². The third kappa shape index (κ3) is 5.95. The van der Waals surface area contributed by atoms with E-state index in [0.717, 1.165) is 30.5 Å². The first-order valence-electron chi connectivity index (χ1n) is 13.6. The fourth-order valence-corrected chi connectivity index (χ4v) is 6.02. The monoisotopic (exact) mass is 557 g/mol. The minimum absolute atomic E-state index is 0.231. The summed E-state index contributed by atoms with van der Waals surface area (Å²) in [5.41, 5.74) is 2.89. The van der Waals surface area contributed by atoms with Gasteiger partial charge in [0.25, 0.3) is 0 Å². The van der Waals surface area contributed by atoms with E-state index in [1.54, 1.807) is 23.1 Å². The largest absolute Gasteiger partial charge is 0.481 e. The number of nitrogens with zero attached hydrogens (tertiary/aromatic N) is 2. The van der Waals surface area contributed by atoms with Crippen LogP contribution >= 0.6 is 11.6 Å². The Morgan fingerprint density at radius 1 is 1.05 bits per heavy atom. The number of halogens is 2. The van der Waals surface area contributed by atoms with Crippen LogP contribution in [0.1, 0.15) is 49.7 Å². The highest BCUT2D eigenvalue weighted by Gasteiger charge is 2.48. The summed E-state index contributed by atoms with van der Waals surface area (Å²) in [5.74, 6) is -4.61. The van der Waals surface area contributed by atoms with Crippen LogP contribution in [-0.2, 0) is 27.2 Å². The lowest BCUT2D eigenvalue weighted by atomic mass is 9.87. The van der Waals surface area contributed by atoms with Crippen molar-refractivity contribution in [3.05, 3.63) is 58.6 Å². The molecule has 2 amide bonds. The molecule has 1 atom stereocenters. The molecule has 2 aromatic carbocycles. The van der Waals surface area contributed by atoms with Crippen molar-refractivity contribution < 1.29 is 28.6 Å². The van der Waals surface area contributed by atoms with Gasteiger partial charge in [0.05, 0.1) is 22.7 Å². The minimum atomic E-state index is -2.58. The number of aliphatic carboxylic acids is 1. The number of para-hydroxylation sites is 1. The summed E-state index contributed by atoms with van der Waals surface area (Å²) in [6, 6.07) is 12.3. The number of hydrogen-bond acceptors (Lipinski definition) is 5. The molecule has 1 unspecified atom stereocenters. The highest BCUT2D eigenvalue weighted by molar-refractivity contribution is 6.34. The van der Waals surface area contributed by atoms with Gasteiger partial charge < -0.3 is 15.2 Å². The minimum Gasteiger partial charge on any atom is -0.481 e. The number of carboxylic acids is 1. The lowest BCUT2D eigenvalue weighted by molar-refractivity contribution is -0.252. The predicted octanol–water partition coefficient (Wildman–Crippen LogP) is 5.43. The van der Waals surface area contributed by atoms with Gasteiger partial charge >= 0.3 is 18.0 Å². The number of anilines is 2. The highest BCUT2D eigenvalue weighted by Crippen LogP contribution is 2.35. The number of Topliss-reactive ketones (excluding diaryl/α,β-unsaturated/α-hetero) is 1. The number of carboxylic acid groups (broad SMARTS) is 1. The summed E-state index contributed by atoms with van der Waals surface area (Å²) < 4.78 is 22.2. The van der Waals surface area contributed by atoms with Crippen LogP contribution in [0, 0.1) is 5.92 Å². The van der Waals surface area contributed by atoms with Crippen LogP contribution in [0.5, 0.6) is 0 Å². The molecule has 2 aliphatic heterocycles. The Kier molecular flexibility index (Phi) is 8.21. The highest BCUT2D eigenvalue weighted by atomic mass is 35.5. The van der Waals surface area contributed by atoms with Crippen LogP contribution in [0.25, 0.3) is 0 Å². The summed E-state index contributed by atoms with van der Waals surface area (Å²) in [5, 5.41) is 12.3. The summed E-state index contributed by atoms with van der Waals surface area (Å²) in [6.45, 7) is 1.40. The Bertz CT molecular complexity index is 1250. The quantitative estimate of drug-likeness (QED) is 0.420. The van der Waals surface area contributed by atoms with Gasteiger partial charge in [0.15, 0.2) is 0 Å². The second kappa shape index (κ2) is 11.6. The zero-order valence-electron chi connectivity index (χ0n) is 21.7. The molecule has 8 nitrogen and oxygen atoms in total. The number of likely N-dealkylation sites (tertiary alicyclic amines) is 1. The van der Waals surface area contributed by atoms with Crippen LogP contribution in [0.3, 0.4) is 0 Å². The first-order chi connectivity index (χ1) is 18.7. The topological polar surface area (TPSA) is 99.2 Å². The van der Waals surface area contributed by atoms with E-state index in [2.05, 4.69) is 5.32 Å². The number of fused-ring (bicyclic) bond motifs is 1. The van der Waals surface area contributed by atoms with Crippen LogP contribution in [0.2, 0.25) is 5.02 Å². The van der Waals surface area contributed by atoms with Crippen molar-refractivity contribution in [1.29, 1.82) is 0 Å². The molecule has 2 aromatic rings. The summed E-state index contributed by atoms with van der Waals surface area (Å²) in [4.78, 5) is 40.7. The average Bonchev–Trinajstić information content (AvgIpc) is 3.61. The second-order valence-electron chi connectivity index (χ2n) is 10.6.